The van der Waals surface area contributed by atoms with Gasteiger partial charge in [-0.15, -0.1) is 0 Å². The second kappa shape index (κ2) is 12.1. The maximum atomic E-state index is 11.4. The highest BCUT2D eigenvalue weighted by molar-refractivity contribution is 7.90. The molecule has 2 aliphatic carbocycles. The first kappa shape index (κ1) is 28.4. The standard InChI is InChI=1S/C32H43NO4S/c1-5-6-7-8-11-23-33-29-16-10-9-15-28(29)32(3,4)30(33)22-17-25-14-12-13-24(2)31(25)37-26-18-20-27(21-19-26)38(34,35)36/h9-10,15-18,20-22,26H,5-8,11-14,19,23H2,1-4H3,(H,34,35,36)/b25-17+,30-22+. The molecular formula is C32H43NO4S. The highest BCUT2D eigenvalue weighted by atomic mass is 32.2. The lowest BCUT2D eigenvalue weighted by atomic mass is 9.83. The second-order valence-corrected chi connectivity index (χ2v) is 12.7. The predicted octanol–water partition coefficient (Wildman–Crippen LogP) is 8.14. The molecule has 38 heavy (non-hydrogen) atoms. The fraction of sp³-hybridized carbons (Fsp3) is 0.500. The molecule has 0 saturated heterocycles. The van der Waals surface area contributed by atoms with Gasteiger partial charge in [0.1, 0.15) is 11.9 Å². The first-order valence-corrected chi connectivity index (χ1v) is 15.6. The Bertz CT molecular complexity index is 1280. The number of hydrogen-bond acceptors (Lipinski definition) is 4. The Morgan fingerprint density at radius 2 is 1.87 bits per heavy atom. The molecule has 3 aliphatic rings. The third-order valence-electron chi connectivity index (χ3n) is 8.00. The van der Waals surface area contributed by atoms with E-state index in [0.717, 1.165) is 31.6 Å². The molecule has 6 heteroatoms. The lowest BCUT2D eigenvalue weighted by Gasteiger charge is -2.28. The first-order valence-electron chi connectivity index (χ1n) is 14.1. The van der Waals surface area contributed by atoms with E-state index in [0.29, 0.717) is 6.42 Å². The Kier molecular flexibility index (Phi) is 9.04. The molecule has 4 rings (SSSR count). The van der Waals surface area contributed by atoms with Crippen LogP contribution >= 0.6 is 0 Å². The van der Waals surface area contributed by atoms with Gasteiger partial charge in [0.25, 0.3) is 10.1 Å². The van der Waals surface area contributed by atoms with Crippen LogP contribution in [-0.2, 0) is 20.3 Å². The van der Waals surface area contributed by atoms with Gasteiger partial charge in [-0.05, 0) is 73.6 Å². The maximum absolute atomic E-state index is 11.4. The van der Waals surface area contributed by atoms with Crippen LogP contribution in [0.3, 0.4) is 0 Å². The van der Waals surface area contributed by atoms with E-state index < -0.39 is 10.1 Å². The monoisotopic (exact) mass is 537 g/mol. The Hall–Kier alpha value is -2.57. The summed E-state index contributed by atoms with van der Waals surface area (Å²) < 4.78 is 38.6. The number of para-hydroxylation sites is 1. The van der Waals surface area contributed by atoms with Crippen LogP contribution in [-0.4, -0.2) is 25.6 Å². The number of anilines is 1. The molecule has 1 unspecified atom stereocenters. The van der Waals surface area contributed by atoms with Crippen molar-refractivity contribution >= 4 is 15.8 Å². The van der Waals surface area contributed by atoms with Gasteiger partial charge in [0.05, 0.1) is 4.91 Å². The number of benzene rings is 1. The molecule has 1 aromatic carbocycles. The minimum Gasteiger partial charge on any atom is -0.486 e. The SMILES string of the molecule is CCCCCCCN1/C(=C/C=C2\CCCC(C)=C2OC2C=CC(S(=O)(=O)O)=CC2)C(C)(C)c2ccccc21. The van der Waals surface area contributed by atoms with E-state index in [1.54, 1.807) is 6.08 Å². The Balaban J connectivity index is 1.58. The summed E-state index contributed by atoms with van der Waals surface area (Å²) in [6.07, 6.45) is 18.7. The molecular weight excluding hydrogens is 494 g/mol. The molecule has 1 aliphatic heterocycles. The summed E-state index contributed by atoms with van der Waals surface area (Å²) in [5, 5.41) is 0. The summed E-state index contributed by atoms with van der Waals surface area (Å²) in [7, 11) is -4.19. The van der Waals surface area contributed by atoms with E-state index in [2.05, 4.69) is 69.0 Å². The first-order chi connectivity index (χ1) is 18.1. The zero-order chi connectivity index (χ0) is 27.3. The summed E-state index contributed by atoms with van der Waals surface area (Å²) >= 11 is 0. The number of ether oxygens (including phenoxy) is 1. The van der Waals surface area contributed by atoms with E-state index in [-0.39, 0.29) is 16.4 Å². The Morgan fingerprint density at radius 3 is 2.58 bits per heavy atom. The summed E-state index contributed by atoms with van der Waals surface area (Å²) in [6.45, 7) is 10.0. The molecule has 0 bridgehead atoms. The molecule has 0 aromatic heterocycles. The summed E-state index contributed by atoms with van der Waals surface area (Å²) in [4.78, 5) is 2.45. The van der Waals surface area contributed by atoms with Crippen LogP contribution in [0.4, 0.5) is 5.69 Å². The lowest BCUT2D eigenvalue weighted by molar-refractivity contribution is 0.155. The average Bonchev–Trinajstić information content (AvgIpc) is 3.10. The largest absolute Gasteiger partial charge is 0.486 e. The van der Waals surface area contributed by atoms with Crippen LogP contribution in [0.15, 0.2) is 82.2 Å². The van der Waals surface area contributed by atoms with Crippen molar-refractivity contribution in [3.8, 4) is 0 Å². The third-order valence-corrected chi connectivity index (χ3v) is 8.90. The number of unbranched alkanes of at least 4 members (excludes halogenated alkanes) is 4. The Labute approximate surface area is 229 Å². The highest BCUT2D eigenvalue weighted by Crippen LogP contribution is 2.48. The number of allylic oxidation sites excluding steroid dienone is 6. The molecule has 1 aromatic rings. The maximum Gasteiger partial charge on any atom is 0.294 e. The van der Waals surface area contributed by atoms with Crippen LogP contribution in [0.5, 0.6) is 0 Å². The normalized spacial score (nSPS) is 23.2. The van der Waals surface area contributed by atoms with Gasteiger partial charge in [-0.1, -0.05) is 76.8 Å². The number of fused-ring (bicyclic) bond motifs is 1. The molecule has 5 nitrogen and oxygen atoms in total. The van der Waals surface area contributed by atoms with E-state index in [1.807, 2.05) is 0 Å². The topological polar surface area (TPSA) is 66.8 Å². The zero-order valence-electron chi connectivity index (χ0n) is 23.4. The molecule has 206 valence electrons. The molecule has 1 N–H and O–H groups in total. The van der Waals surface area contributed by atoms with Crippen molar-refractivity contribution in [2.45, 2.75) is 97.0 Å². The van der Waals surface area contributed by atoms with E-state index in [1.165, 1.54) is 72.4 Å². The van der Waals surface area contributed by atoms with Crippen LogP contribution in [0, 0.1) is 0 Å². The number of hydrogen-bond donors (Lipinski definition) is 1. The van der Waals surface area contributed by atoms with Gasteiger partial charge < -0.3 is 9.64 Å². The van der Waals surface area contributed by atoms with Crippen LogP contribution in [0.25, 0.3) is 0 Å². The third kappa shape index (κ3) is 6.35. The molecule has 1 heterocycles. The zero-order valence-corrected chi connectivity index (χ0v) is 24.2. The van der Waals surface area contributed by atoms with Crippen molar-refractivity contribution in [2.24, 2.45) is 0 Å². The van der Waals surface area contributed by atoms with E-state index in [9.17, 15) is 13.0 Å². The fourth-order valence-corrected chi connectivity index (χ4v) is 6.38. The number of rotatable bonds is 10. The van der Waals surface area contributed by atoms with Crippen molar-refractivity contribution in [3.63, 3.8) is 0 Å². The fourth-order valence-electron chi connectivity index (χ4n) is 5.83. The van der Waals surface area contributed by atoms with Crippen LogP contribution in [0.1, 0.15) is 91.0 Å². The molecule has 0 amide bonds. The van der Waals surface area contributed by atoms with Gasteiger partial charge in [0.2, 0.25) is 0 Å². The minimum atomic E-state index is -4.19. The van der Waals surface area contributed by atoms with Crippen molar-refractivity contribution in [3.05, 3.63) is 87.7 Å². The second-order valence-electron chi connectivity index (χ2n) is 11.2. The quantitative estimate of drug-likeness (QED) is 0.241. The van der Waals surface area contributed by atoms with Gasteiger partial charge in [-0.25, -0.2) is 0 Å². The molecule has 0 fully saturated rings. The molecule has 1 atom stereocenters. The van der Waals surface area contributed by atoms with Gasteiger partial charge in [0.15, 0.2) is 0 Å². The molecule has 0 radical (unpaired) electrons. The van der Waals surface area contributed by atoms with E-state index >= 15 is 0 Å². The van der Waals surface area contributed by atoms with Gasteiger partial charge in [0, 0.05) is 29.8 Å². The summed E-state index contributed by atoms with van der Waals surface area (Å²) in [6, 6.07) is 8.79. The molecule has 0 saturated carbocycles. The summed E-state index contributed by atoms with van der Waals surface area (Å²) in [5.41, 5.74) is 6.34. The number of nitrogens with zero attached hydrogens (tertiary/aromatic N) is 1. The predicted molar refractivity (Wildman–Crippen MR) is 157 cm³/mol. The minimum absolute atomic E-state index is 0.0648. The van der Waals surface area contributed by atoms with E-state index in [4.69, 9.17) is 4.74 Å². The van der Waals surface area contributed by atoms with Gasteiger partial charge in [-0.2, -0.15) is 8.42 Å². The van der Waals surface area contributed by atoms with Crippen LogP contribution in [0.2, 0.25) is 0 Å². The smallest absolute Gasteiger partial charge is 0.294 e. The average molecular weight is 538 g/mol. The van der Waals surface area contributed by atoms with Crippen molar-refractivity contribution < 1.29 is 17.7 Å². The van der Waals surface area contributed by atoms with Gasteiger partial charge >= 0.3 is 0 Å². The van der Waals surface area contributed by atoms with Crippen molar-refractivity contribution in [1.29, 1.82) is 0 Å². The van der Waals surface area contributed by atoms with Crippen LogP contribution < -0.4 is 4.90 Å². The molecule has 0 spiro atoms. The lowest BCUT2D eigenvalue weighted by Crippen LogP contribution is -2.27. The van der Waals surface area contributed by atoms with Gasteiger partial charge in [-0.3, -0.25) is 4.55 Å². The summed E-state index contributed by atoms with van der Waals surface area (Å²) in [5.74, 6) is 0.922. The highest BCUT2D eigenvalue weighted by Gasteiger charge is 2.39. The van der Waals surface area contributed by atoms with Crippen molar-refractivity contribution in [1.82, 2.24) is 0 Å². The Morgan fingerprint density at radius 1 is 1.11 bits per heavy atom. The van der Waals surface area contributed by atoms with Crippen molar-refractivity contribution in [2.75, 3.05) is 11.4 Å².